The first-order chi connectivity index (χ1) is 7.20. The second kappa shape index (κ2) is 4.29. The van der Waals surface area contributed by atoms with E-state index in [1.54, 1.807) is 18.2 Å². The van der Waals surface area contributed by atoms with Crippen molar-refractivity contribution >= 4 is 0 Å². The second-order valence-corrected chi connectivity index (χ2v) is 4.23. The summed E-state index contributed by atoms with van der Waals surface area (Å²) in [6.07, 6.45) is 2.54. The van der Waals surface area contributed by atoms with Crippen molar-refractivity contribution in [1.82, 2.24) is 0 Å². The van der Waals surface area contributed by atoms with E-state index in [2.05, 4.69) is 0 Å². The van der Waals surface area contributed by atoms with E-state index in [-0.39, 0.29) is 11.7 Å². The molecule has 15 heavy (non-hydrogen) atoms. The largest absolute Gasteiger partial charge is 0.391 e. The van der Waals surface area contributed by atoms with E-state index in [0.717, 1.165) is 19.3 Å². The van der Waals surface area contributed by atoms with Crippen LogP contribution in [-0.2, 0) is 0 Å². The highest BCUT2D eigenvalue weighted by Crippen LogP contribution is 2.34. The van der Waals surface area contributed by atoms with Crippen molar-refractivity contribution in [2.75, 3.05) is 0 Å². The Balaban J connectivity index is 2.12. The van der Waals surface area contributed by atoms with Crippen LogP contribution in [0.25, 0.3) is 0 Å². The number of benzene rings is 1. The normalized spacial score (nSPS) is 20.7. The molecule has 1 aliphatic rings. The lowest BCUT2D eigenvalue weighted by Gasteiger charge is -2.33. The summed E-state index contributed by atoms with van der Waals surface area (Å²) >= 11 is 0. The Morgan fingerprint density at radius 2 is 2.00 bits per heavy atom. The molecule has 3 heteroatoms. The first-order valence-corrected chi connectivity index (χ1v) is 5.38. The zero-order chi connectivity index (χ0) is 10.8. The molecule has 2 rings (SSSR count). The van der Waals surface area contributed by atoms with Gasteiger partial charge in [0.2, 0.25) is 0 Å². The van der Waals surface area contributed by atoms with Crippen LogP contribution in [0, 0.1) is 11.7 Å². The van der Waals surface area contributed by atoms with Crippen LogP contribution < -0.4 is 5.73 Å². The fraction of sp³-hybridized carbons (Fsp3) is 0.500. The molecule has 2 nitrogen and oxygen atoms in total. The van der Waals surface area contributed by atoms with Gasteiger partial charge in [-0.25, -0.2) is 4.39 Å². The van der Waals surface area contributed by atoms with Gasteiger partial charge in [-0.15, -0.1) is 0 Å². The summed E-state index contributed by atoms with van der Waals surface area (Å²) in [5.74, 6) is -0.0806. The third-order valence-electron chi connectivity index (χ3n) is 3.27. The number of rotatable bonds is 3. The van der Waals surface area contributed by atoms with Crippen LogP contribution >= 0.6 is 0 Å². The second-order valence-electron chi connectivity index (χ2n) is 4.23. The number of aliphatic hydroxyl groups excluding tert-OH is 1. The van der Waals surface area contributed by atoms with E-state index in [0.29, 0.717) is 5.56 Å². The van der Waals surface area contributed by atoms with Crippen molar-refractivity contribution < 1.29 is 9.50 Å². The number of nitrogens with two attached hydrogens (primary N) is 1. The summed E-state index contributed by atoms with van der Waals surface area (Å²) in [6, 6.07) is 5.79. The van der Waals surface area contributed by atoms with Crippen LogP contribution in [0.4, 0.5) is 4.39 Å². The fourth-order valence-electron chi connectivity index (χ4n) is 2.00. The van der Waals surface area contributed by atoms with Crippen LogP contribution in [0.1, 0.15) is 30.9 Å². The van der Waals surface area contributed by atoms with Crippen LogP contribution in [0.15, 0.2) is 24.3 Å². The predicted molar refractivity (Wildman–Crippen MR) is 56.7 cm³/mol. The quantitative estimate of drug-likeness (QED) is 0.799. The number of aliphatic hydroxyl groups is 1. The molecule has 3 N–H and O–H groups in total. The summed E-state index contributed by atoms with van der Waals surface area (Å²) < 4.78 is 13.4. The van der Waals surface area contributed by atoms with Gasteiger partial charge in [0.1, 0.15) is 5.82 Å². The summed E-state index contributed by atoms with van der Waals surface area (Å²) in [6.45, 7) is 0. The Bertz CT molecular complexity index is 338. The van der Waals surface area contributed by atoms with Crippen LogP contribution in [-0.4, -0.2) is 11.2 Å². The monoisotopic (exact) mass is 209 g/mol. The van der Waals surface area contributed by atoms with Gasteiger partial charge in [0.05, 0.1) is 12.1 Å². The molecule has 1 aromatic carbocycles. The zero-order valence-electron chi connectivity index (χ0n) is 8.57. The predicted octanol–water partition coefficient (Wildman–Crippen LogP) is 1.99. The Kier molecular flexibility index (Phi) is 3.03. The van der Waals surface area contributed by atoms with Crippen molar-refractivity contribution in [2.24, 2.45) is 11.7 Å². The average Bonchev–Trinajstić information content (AvgIpc) is 2.15. The fourth-order valence-corrected chi connectivity index (χ4v) is 2.00. The standard InChI is InChI=1S/C12H16FNO/c13-10-7-2-1-6-9(10)11(14)12(15)8-4-3-5-8/h1-2,6-8,11-12,15H,3-5,14H2/t11-,12+/m1/s1. The van der Waals surface area contributed by atoms with Crippen LogP contribution in [0.3, 0.4) is 0 Å². The van der Waals surface area contributed by atoms with E-state index in [9.17, 15) is 9.50 Å². The van der Waals surface area contributed by atoms with Gasteiger partial charge in [0, 0.05) is 5.56 Å². The van der Waals surface area contributed by atoms with Crippen molar-refractivity contribution in [3.63, 3.8) is 0 Å². The molecule has 0 spiro atoms. The molecular formula is C12H16FNO. The lowest BCUT2D eigenvalue weighted by Crippen LogP contribution is -2.36. The molecule has 0 bridgehead atoms. The van der Waals surface area contributed by atoms with E-state index in [4.69, 9.17) is 5.73 Å². The SMILES string of the molecule is N[C@H](c1ccccc1F)[C@@H](O)C1CCC1. The van der Waals surface area contributed by atoms with Gasteiger partial charge >= 0.3 is 0 Å². The Morgan fingerprint density at radius 1 is 1.33 bits per heavy atom. The number of hydrogen-bond acceptors (Lipinski definition) is 2. The highest BCUT2D eigenvalue weighted by atomic mass is 19.1. The first kappa shape index (κ1) is 10.6. The number of halogens is 1. The molecule has 0 amide bonds. The first-order valence-electron chi connectivity index (χ1n) is 5.38. The van der Waals surface area contributed by atoms with E-state index < -0.39 is 12.1 Å². The minimum atomic E-state index is -0.615. The maximum absolute atomic E-state index is 13.4. The van der Waals surface area contributed by atoms with Crippen LogP contribution in [0.5, 0.6) is 0 Å². The molecule has 82 valence electrons. The van der Waals surface area contributed by atoms with Crippen LogP contribution in [0.2, 0.25) is 0 Å². The maximum Gasteiger partial charge on any atom is 0.128 e. The van der Waals surface area contributed by atoms with Crippen molar-refractivity contribution in [3.8, 4) is 0 Å². The van der Waals surface area contributed by atoms with E-state index in [1.807, 2.05) is 0 Å². The van der Waals surface area contributed by atoms with Gasteiger partial charge < -0.3 is 10.8 Å². The zero-order valence-corrected chi connectivity index (χ0v) is 8.57. The number of hydrogen-bond donors (Lipinski definition) is 2. The topological polar surface area (TPSA) is 46.2 Å². The Labute approximate surface area is 88.9 Å². The summed E-state index contributed by atoms with van der Waals surface area (Å²) in [5, 5.41) is 9.92. The summed E-state index contributed by atoms with van der Waals surface area (Å²) in [7, 11) is 0. The molecule has 0 unspecified atom stereocenters. The van der Waals surface area contributed by atoms with Crippen molar-refractivity contribution in [2.45, 2.75) is 31.4 Å². The van der Waals surface area contributed by atoms with Gasteiger partial charge in [0.25, 0.3) is 0 Å². The molecule has 0 aliphatic heterocycles. The molecule has 0 radical (unpaired) electrons. The summed E-state index contributed by atoms with van der Waals surface area (Å²) in [4.78, 5) is 0. The van der Waals surface area contributed by atoms with Gasteiger partial charge in [0.15, 0.2) is 0 Å². The molecule has 1 aliphatic carbocycles. The van der Waals surface area contributed by atoms with E-state index >= 15 is 0 Å². The lowest BCUT2D eigenvalue weighted by atomic mass is 9.77. The van der Waals surface area contributed by atoms with Crippen molar-refractivity contribution in [1.29, 1.82) is 0 Å². The lowest BCUT2D eigenvalue weighted by molar-refractivity contribution is 0.0405. The molecule has 1 saturated carbocycles. The minimum Gasteiger partial charge on any atom is -0.391 e. The van der Waals surface area contributed by atoms with Gasteiger partial charge in [-0.1, -0.05) is 24.6 Å². The maximum atomic E-state index is 13.4. The Hall–Kier alpha value is -0.930. The average molecular weight is 209 g/mol. The molecule has 1 aromatic rings. The molecule has 1 fully saturated rings. The summed E-state index contributed by atoms with van der Waals surface area (Å²) in [5.41, 5.74) is 6.27. The Morgan fingerprint density at radius 3 is 2.53 bits per heavy atom. The molecular weight excluding hydrogens is 193 g/mol. The third-order valence-corrected chi connectivity index (χ3v) is 3.27. The van der Waals surface area contributed by atoms with Gasteiger partial charge in [-0.2, -0.15) is 0 Å². The molecule has 2 atom stereocenters. The van der Waals surface area contributed by atoms with Gasteiger partial charge in [-0.05, 0) is 24.8 Å². The molecule has 0 heterocycles. The highest BCUT2D eigenvalue weighted by Gasteiger charge is 2.31. The minimum absolute atomic E-state index is 0.250. The molecule has 0 saturated heterocycles. The molecule has 0 aromatic heterocycles. The third kappa shape index (κ3) is 2.03. The van der Waals surface area contributed by atoms with Crippen molar-refractivity contribution in [3.05, 3.63) is 35.6 Å². The smallest absolute Gasteiger partial charge is 0.128 e. The highest BCUT2D eigenvalue weighted by molar-refractivity contribution is 5.22. The van der Waals surface area contributed by atoms with E-state index in [1.165, 1.54) is 6.07 Å². The van der Waals surface area contributed by atoms with Gasteiger partial charge in [-0.3, -0.25) is 0 Å².